The Labute approximate surface area is 158 Å². The molecule has 1 amide bonds. The number of carbonyl (C=O) groups excluding carboxylic acids is 1. The maximum Gasteiger partial charge on any atom is 0.326 e. The van der Waals surface area contributed by atoms with Gasteiger partial charge in [-0.15, -0.1) is 0 Å². The molecule has 1 N–H and O–H groups in total. The molecule has 1 fully saturated rings. The van der Waals surface area contributed by atoms with Gasteiger partial charge in [0.15, 0.2) is 0 Å². The third kappa shape index (κ3) is 3.49. The van der Waals surface area contributed by atoms with Gasteiger partial charge in [0.2, 0.25) is 0 Å². The fourth-order valence-corrected chi connectivity index (χ4v) is 3.92. The van der Waals surface area contributed by atoms with Gasteiger partial charge in [0.1, 0.15) is 21.9 Å². The van der Waals surface area contributed by atoms with Crippen LogP contribution in [0.3, 0.4) is 0 Å². The predicted molar refractivity (Wildman–Crippen MR) is 101 cm³/mol. The summed E-state index contributed by atoms with van der Waals surface area (Å²) < 4.78 is 5.95. The van der Waals surface area contributed by atoms with Crippen LogP contribution in [-0.4, -0.2) is 32.2 Å². The van der Waals surface area contributed by atoms with Crippen molar-refractivity contribution < 1.29 is 19.1 Å². The third-order valence-electron chi connectivity index (χ3n) is 3.61. The van der Waals surface area contributed by atoms with E-state index in [1.165, 1.54) is 6.92 Å². The third-order valence-corrected chi connectivity index (χ3v) is 5.27. The summed E-state index contributed by atoms with van der Waals surface area (Å²) in [6, 6.07) is 9.72. The van der Waals surface area contributed by atoms with E-state index >= 15 is 0 Å². The molecule has 25 heavy (non-hydrogen) atoms. The van der Waals surface area contributed by atoms with Crippen LogP contribution in [-0.2, 0) is 9.59 Å². The van der Waals surface area contributed by atoms with Crippen molar-refractivity contribution in [3.63, 3.8) is 0 Å². The highest BCUT2D eigenvalue weighted by Crippen LogP contribution is 2.35. The number of benzene rings is 1. The molecule has 1 unspecified atom stereocenters. The van der Waals surface area contributed by atoms with Gasteiger partial charge in [0.25, 0.3) is 5.91 Å². The smallest absolute Gasteiger partial charge is 0.326 e. The zero-order valence-electron chi connectivity index (χ0n) is 12.9. The van der Waals surface area contributed by atoms with Crippen LogP contribution in [0.5, 0.6) is 0 Å². The number of nitrogens with zero attached hydrogens (tertiary/aromatic N) is 1. The van der Waals surface area contributed by atoms with Crippen LogP contribution < -0.4 is 0 Å². The van der Waals surface area contributed by atoms with Crippen LogP contribution in [0.15, 0.2) is 45.7 Å². The molecule has 0 bridgehead atoms. The van der Waals surface area contributed by atoms with Crippen molar-refractivity contribution in [1.29, 1.82) is 0 Å². The van der Waals surface area contributed by atoms with Crippen molar-refractivity contribution in [1.82, 2.24) is 4.90 Å². The Morgan fingerprint density at radius 2 is 2.08 bits per heavy atom. The number of thiocarbonyl (C=S) groups is 1. The Morgan fingerprint density at radius 1 is 1.36 bits per heavy atom. The highest BCUT2D eigenvalue weighted by atomic mass is 35.5. The summed E-state index contributed by atoms with van der Waals surface area (Å²) in [4.78, 5) is 24.9. The second kappa shape index (κ2) is 7.03. The Hall–Kier alpha value is -2.09. The molecular formula is C17H12ClNO4S2. The molecule has 0 radical (unpaired) electrons. The van der Waals surface area contributed by atoms with E-state index in [1.807, 2.05) is 18.2 Å². The number of halogens is 1. The number of carboxylic acid groups (broad SMARTS) is 1. The first-order valence-electron chi connectivity index (χ1n) is 7.23. The summed E-state index contributed by atoms with van der Waals surface area (Å²) in [5.74, 6) is -0.526. The van der Waals surface area contributed by atoms with E-state index in [2.05, 4.69) is 0 Å². The largest absolute Gasteiger partial charge is 0.480 e. The summed E-state index contributed by atoms with van der Waals surface area (Å²) in [7, 11) is 0. The molecule has 8 heteroatoms. The van der Waals surface area contributed by atoms with Crippen molar-refractivity contribution >= 4 is 57.9 Å². The summed E-state index contributed by atoms with van der Waals surface area (Å²) in [5.41, 5.74) is 0.746. The zero-order valence-corrected chi connectivity index (χ0v) is 15.3. The average molecular weight is 394 g/mol. The highest BCUT2D eigenvalue weighted by Gasteiger charge is 2.38. The van der Waals surface area contributed by atoms with Crippen molar-refractivity contribution in [3.8, 4) is 11.3 Å². The minimum atomic E-state index is -1.11. The van der Waals surface area contributed by atoms with Gasteiger partial charge in [0, 0.05) is 11.6 Å². The van der Waals surface area contributed by atoms with Crippen LogP contribution in [0.2, 0.25) is 5.02 Å². The van der Waals surface area contributed by atoms with Crippen molar-refractivity contribution in [2.24, 2.45) is 0 Å². The second-order valence-corrected chi connectivity index (χ2v) is 7.33. The van der Waals surface area contributed by atoms with Gasteiger partial charge in [-0.05, 0) is 31.2 Å². The number of carbonyl (C=O) groups is 2. The molecular weight excluding hydrogens is 382 g/mol. The molecule has 0 aliphatic carbocycles. The summed E-state index contributed by atoms with van der Waals surface area (Å²) in [5, 5.41) is 9.66. The number of thioether (sulfide) groups is 1. The van der Waals surface area contributed by atoms with Gasteiger partial charge in [-0.25, -0.2) is 4.79 Å². The highest BCUT2D eigenvalue weighted by molar-refractivity contribution is 8.26. The summed E-state index contributed by atoms with van der Waals surface area (Å²) in [6.07, 6.45) is 1.55. The first-order valence-corrected chi connectivity index (χ1v) is 8.83. The molecule has 2 aromatic rings. The van der Waals surface area contributed by atoms with Crippen molar-refractivity contribution in [2.45, 2.75) is 13.0 Å². The van der Waals surface area contributed by atoms with Gasteiger partial charge in [-0.2, -0.15) is 0 Å². The monoisotopic (exact) mass is 393 g/mol. The van der Waals surface area contributed by atoms with E-state index in [0.29, 0.717) is 21.4 Å². The van der Waals surface area contributed by atoms with Crippen molar-refractivity contribution in [2.75, 3.05) is 0 Å². The van der Waals surface area contributed by atoms with Gasteiger partial charge < -0.3 is 9.52 Å². The standard InChI is InChI=1S/C17H12ClNO4S2/c1-9(16(21)22)19-15(20)14(25-17(19)24)8-10-6-7-13(23-10)11-4-2-3-5-12(11)18/h2-9H,1H3,(H,21,22). The van der Waals surface area contributed by atoms with E-state index in [1.54, 1.807) is 24.3 Å². The maximum atomic E-state index is 12.4. The fourth-order valence-electron chi connectivity index (χ4n) is 2.29. The first-order chi connectivity index (χ1) is 11.9. The predicted octanol–water partition coefficient (Wildman–Crippen LogP) is 4.27. The average Bonchev–Trinajstić information content (AvgIpc) is 3.13. The Kier molecular flexibility index (Phi) is 4.99. The van der Waals surface area contributed by atoms with Crippen LogP contribution in [0.1, 0.15) is 12.7 Å². The summed E-state index contributed by atoms with van der Waals surface area (Å²) in [6.45, 7) is 1.42. The molecule has 2 heterocycles. The maximum absolute atomic E-state index is 12.4. The lowest BCUT2D eigenvalue weighted by Crippen LogP contribution is -2.41. The number of hydrogen-bond acceptors (Lipinski definition) is 5. The van der Waals surface area contributed by atoms with Crippen molar-refractivity contribution in [3.05, 3.63) is 52.1 Å². The normalized spacial score (nSPS) is 17.4. The molecule has 0 saturated carbocycles. The lowest BCUT2D eigenvalue weighted by atomic mass is 10.2. The van der Waals surface area contributed by atoms with E-state index in [4.69, 9.17) is 33.3 Å². The molecule has 5 nitrogen and oxygen atoms in total. The zero-order chi connectivity index (χ0) is 18.1. The van der Waals surface area contributed by atoms with E-state index in [9.17, 15) is 9.59 Å². The number of rotatable bonds is 4. The molecule has 1 aromatic carbocycles. The number of amides is 1. The van der Waals surface area contributed by atoms with E-state index in [0.717, 1.165) is 22.2 Å². The van der Waals surface area contributed by atoms with Crippen LogP contribution in [0.25, 0.3) is 17.4 Å². The minimum absolute atomic E-state index is 0.212. The quantitative estimate of drug-likeness (QED) is 0.617. The Bertz CT molecular complexity index is 906. The fraction of sp³-hybridized carbons (Fsp3) is 0.118. The molecule has 1 aliphatic rings. The number of carboxylic acids is 1. The molecule has 1 atom stereocenters. The van der Waals surface area contributed by atoms with Gasteiger partial charge >= 0.3 is 5.97 Å². The van der Waals surface area contributed by atoms with Crippen LogP contribution in [0, 0.1) is 0 Å². The van der Waals surface area contributed by atoms with Gasteiger partial charge in [-0.3, -0.25) is 9.69 Å². The summed E-state index contributed by atoms with van der Waals surface area (Å²) >= 11 is 12.3. The topological polar surface area (TPSA) is 70.8 Å². The Balaban J connectivity index is 1.88. The van der Waals surface area contributed by atoms with Gasteiger partial charge in [-0.1, -0.05) is 47.7 Å². The molecule has 1 saturated heterocycles. The lowest BCUT2D eigenvalue weighted by Gasteiger charge is -2.18. The SMILES string of the molecule is CC(C(=O)O)N1C(=O)C(=Cc2ccc(-c3ccccc3Cl)o2)SC1=S. The molecule has 128 valence electrons. The van der Waals surface area contributed by atoms with E-state index < -0.39 is 17.9 Å². The number of hydrogen-bond donors (Lipinski definition) is 1. The Morgan fingerprint density at radius 3 is 2.76 bits per heavy atom. The lowest BCUT2D eigenvalue weighted by molar-refractivity contribution is -0.144. The molecule has 3 rings (SSSR count). The molecule has 0 spiro atoms. The first kappa shape index (κ1) is 17.7. The number of aliphatic carboxylic acids is 1. The van der Waals surface area contributed by atoms with Crippen LogP contribution in [0.4, 0.5) is 0 Å². The minimum Gasteiger partial charge on any atom is -0.480 e. The molecule has 1 aromatic heterocycles. The molecule has 1 aliphatic heterocycles. The number of furan rings is 1. The van der Waals surface area contributed by atoms with Crippen LogP contribution >= 0.6 is 35.6 Å². The van der Waals surface area contributed by atoms with E-state index in [-0.39, 0.29) is 4.32 Å². The van der Waals surface area contributed by atoms with Gasteiger partial charge in [0.05, 0.1) is 9.93 Å². The second-order valence-electron chi connectivity index (χ2n) is 5.25.